The average Bonchev–Trinajstić information content (AvgIpc) is 2.74. The summed E-state index contributed by atoms with van der Waals surface area (Å²) in [5, 5.41) is 2.32. The highest BCUT2D eigenvalue weighted by Crippen LogP contribution is 2.44. The lowest BCUT2D eigenvalue weighted by molar-refractivity contribution is -0.122. The van der Waals surface area contributed by atoms with Gasteiger partial charge in [-0.1, -0.05) is 26.0 Å². The molecule has 1 saturated heterocycles. The third-order valence-electron chi connectivity index (χ3n) is 6.88. The molecule has 178 valence electrons. The van der Waals surface area contributed by atoms with Gasteiger partial charge in [0.1, 0.15) is 5.57 Å². The molecule has 6 heteroatoms. The minimum atomic E-state index is -0.731. The molecule has 2 heterocycles. The van der Waals surface area contributed by atoms with Gasteiger partial charge in [-0.15, -0.1) is 0 Å². The van der Waals surface area contributed by atoms with E-state index < -0.39 is 17.8 Å². The standard InChI is InChI=1S/C28H33N3O3/c1-7-11-30-24-13-18(3)20(14-22(24)19(4)16-28(30,5)6)15-23-25(32)29-27(34)31(26(23)33)21-10-8-9-17(2)12-21/h8-10,12-15,19H,7,11,16H2,1-6H3,(H,29,32,34)/b23-15-. The van der Waals surface area contributed by atoms with Crippen LogP contribution in [0.15, 0.2) is 42.0 Å². The maximum atomic E-state index is 13.3. The maximum absolute atomic E-state index is 13.3. The molecule has 2 aliphatic heterocycles. The molecule has 1 fully saturated rings. The van der Waals surface area contributed by atoms with Crippen molar-refractivity contribution in [1.82, 2.24) is 5.32 Å². The van der Waals surface area contributed by atoms with E-state index in [0.29, 0.717) is 11.6 Å². The van der Waals surface area contributed by atoms with Crippen LogP contribution in [0.25, 0.3) is 6.08 Å². The molecule has 34 heavy (non-hydrogen) atoms. The summed E-state index contributed by atoms with van der Waals surface area (Å²) < 4.78 is 0. The first-order valence-corrected chi connectivity index (χ1v) is 11.9. The Bertz CT molecular complexity index is 1210. The van der Waals surface area contributed by atoms with Gasteiger partial charge < -0.3 is 4.90 Å². The quantitative estimate of drug-likeness (QED) is 0.486. The molecule has 2 aliphatic rings. The number of barbiturate groups is 1. The van der Waals surface area contributed by atoms with E-state index in [1.807, 2.05) is 19.9 Å². The van der Waals surface area contributed by atoms with Crippen LogP contribution in [0.3, 0.4) is 0 Å². The number of carbonyl (C=O) groups is 3. The summed E-state index contributed by atoms with van der Waals surface area (Å²) in [6.45, 7) is 13.8. The van der Waals surface area contributed by atoms with Crippen LogP contribution in [-0.4, -0.2) is 29.9 Å². The van der Waals surface area contributed by atoms with Crippen molar-refractivity contribution in [2.45, 2.75) is 65.8 Å². The normalized spacial score (nSPS) is 21.1. The van der Waals surface area contributed by atoms with Crippen molar-refractivity contribution >= 4 is 35.3 Å². The van der Waals surface area contributed by atoms with Crippen molar-refractivity contribution < 1.29 is 14.4 Å². The van der Waals surface area contributed by atoms with E-state index in [0.717, 1.165) is 41.0 Å². The monoisotopic (exact) mass is 459 g/mol. The van der Waals surface area contributed by atoms with Gasteiger partial charge in [0, 0.05) is 17.8 Å². The van der Waals surface area contributed by atoms with Gasteiger partial charge in [0.25, 0.3) is 11.8 Å². The summed E-state index contributed by atoms with van der Waals surface area (Å²) in [6.07, 6.45) is 3.70. The van der Waals surface area contributed by atoms with E-state index in [2.05, 4.69) is 50.0 Å². The van der Waals surface area contributed by atoms with Crippen molar-refractivity contribution in [3.8, 4) is 0 Å². The molecular weight excluding hydrogens is 426 g/mol. The molecule has 1 atom stereocenters. The summed E-state index contributed by atoms with van der Waals surface area (Å²) in [5.41, 5.74) is 5.62. The van der Waals surface area contributed by atoms with Crippen molar-refractivity contribution in [2.24, 2.45) is 0 Å². The molecule has 2 aromatic rings. The number of imide groups is 2. The molecule has 4 rings (SSSR count). The number of aryl methyl sites for hydroxylation is 2. The Kier molecular flexibility index (Phi) is 6.11. The molecule has 4 amide bonds. The lowest BCUT2D eigenvalue weighted by atomic mass is 9.78. The molecule has 0 radical (unpaired) electrons. The zero-order valence-electron chi connectivity index (χ0n) is 20.9. The number of nitrogens with one attached hydrogen (secondary N) is 1. The molecule has 1 N–H and O–H groups in total. The number of fused-ring (bicyclic) bond motifs is 1. The van der Waals surface area contributed by atoms with Crippen molar-refractivity contribution in [1.29, 1.82) is 0 Å². The van der Waals surface area contributed by atoms with Crippen LogP contribution in [0.2, 0.25) is 0 Å². The molecule has 0 bridgehead atoms. The SMILES string of the molecule is CCCN1c2cc(C)c(/C=C3/C(=O)NC(=O)N(c4cccc(C)c4)C3=O)cc2C(C)CC1(C)C. The predicted molar refractivity (Wildman–Crippen MR) is 136 cm³/mol. The van der Waals surface area contributed by atoms with Crippen LogP contribution in [0.4, 0.5) is 16.2 Å². The average molecular weight is 460 g/mol. The Labute approximate surface area is 201 Å². The summed E-state index contributed by atoms with van der Waals surface area (Å²) in [5.74, 6) is -0.937. The van der Waals surface area contributed by atoms with Crippen LogP contribution >= 0.6 is 0 Å². The van der Waals surface area contributed by atoms with E-state index >= 15 is 0 Å². The van der Waals surface area contributed by atoms with Gasteiger partial charge in [0.05, 0.1) is 5.69 Å². The van der Waals surface area contributed by atoms with Gasteiger partial charge in [0.2, 0.25) is 0 Å². The molecule has 0 saturated carbocycles. The summed E-state index contributed by atoms with van der Waals surface area (Å²) in [7, 11) is 0. The molecule has 0 aromatic heterocycles. The van der Waals surface area contributed by atoms with Gasteiger partial charge in [0.15, 0.2) is 0 Å². The first-order chi connectivity index (χ1) is 16.0. The molecule has 0 spiro atoms. The maximum Gasteiger partial charge on any atom is 0.335 e. The number of urea groups is 1. The Hall–Kier alpha value is -3.41. The molecular formula is C28H33N3O3. The first kappa shape index (κ1) is 23.7. The fraction of sp³-hybridized carbons (Fsp3) is 0.393. The van der Waals surface area contributed by atoms with Crippen LogP contribution < -0.4 is 15.1 Å². The van der Waals surface area contributed by atoms with Gasteiger partial charge >= 0.3 is 6.03 Å². The number of carbonyl (C=O) groups excluding carboxylic acids is 3. The van der Waals surface area contributed by atoms with Gasteiger partial charge in [-0.25, -0.2) is 9.69 Å². The summed E-state index contributed by atoms with van der Waals surface area (Å²) in [6, 6.07) is 10.7. The van der Waals surface area contributed by atoms with E-state index in [9.17, 15) is 14.4 Å². The van der Waals surface area contributed by atoms with Gasteiger partial charge in [-0.2, -0.15) is 0 Å². The van der Waals surface area contributed by atoms with Gasteiger partial charge in [-0.05, 0) is 99.0 Å². The molecule has 1 unspecified atom stereocenters. The number of amides is 4. The highest BCUT2D eigenvalue weighted by Gasteiger charge is 2.38. The predicted octanol–water partition coefficient (Wildman–Crippen LogP) is 5.47. The lowest BCUT2D eigenvalue weighted by Gasteiger charge is -2.48. The van der Waals surface area contributed by atoms with Crippen LogP contribution in [0.5, 0.6) is 0 Å². The van der Waals surface area contributed by atoms with Gasteiger partial charge in [-0.3, -0.25) is 14.9 Å². The van der Waals surface area contributed by atoms with E-state index in [-0.39, 0.29) is 11.1 Å². The van der Waals surface area contributed by atoms with Crippen molar-refractivity contribution in [2.75, 3.05) is 16.3 Å². The smallest absolute Gasteiger partial charge is 0.335 e. The number of hydrogen-bond donors (Lipinski definition) is 1. The van der Waals surface area contributed by atoms with Crippen LogP contribution in [0, 0.1) is 13.8 Å². The zero-order valence-corrected chi connectivity index (χ0v) is 20.9. The third-order valence-corrected chi connectivity index (χ3v) is 6.88. The number of anilines is 2. The van der Waals surface area contributed by atoms with E-state index in [4.69, 9.17) is 0 Å². The second kappa shape index (κ2) is 8.75. The molecule has 0 aliphatic carbocycles. The van der Waals surface area contributed by atoms with Crippen molar-refractivity contribution in [3.63, 3.8) is 0 Å². The van der Waals surface area contributed by atoms with Crippen molar-refractivity contribution in [3.05, 3.63) is 64.2 Å². The largest absolute Gasteiger partial charge is 0.366 e. The Morgan fingerprint density at radius 3 is 2.53 bits per heavy atom. The Morgan fingerprint density at radius 2 is 1.85 bits per heavy atom. The zero-order chi connectivity index (χ0) is 24.8. The van der Waals surface area contributed by atoms with Crippen LogP contribution in [0.1, 0.15) is 68.7 Å². The highest BCUT2D eigenvalue weighted by molar-refractivity contribution is 6.39. The van der Waals surface area contributed by atoms with E-state index in [1.165, 1.54) is 11.3 Å². The number of rotatable bonds is 4. The first-order valence-electron chi connectivity index (χ1n) is 11.9. The highest BCUT2D eigenvalue weighted by atomic mass is 16.2. The fourth-order valence-electron chi connectivity index (χ4n) is 5.27. The number of nitrogens with zero attached hydrogens (tertiary/aromatic N) is 2. The van der Waals surface area contributed by atoms with E-state index in [1.54, 1.807) is 24.3 Å². The summed E-state index contributed by atoms with van der Waals surface area (Å²) in [4.78, 5) is 42.0. The fourth-order valence-corrected chi connectivity index (χ4v) is 5.27. The molecule has 2 aromatic carbocycles. The summed E-state index contributed by atoms with van der Waals surface area (Å²) >= 11 is 0. The Morgan fingerprint density at radius 1 is 1.12 bits per heavy atom. The lowest BCUT2D eigenvalue weighted by Crippen LogP contribution is -2.54. The topological polar surface area (TPSA) is 69.7 Å². The number of hydrogen-bond acceptors (Lipinski definition) is 4. The second-order valence-electron chi connectivity index (χ2n) is 10.1. The number of benzene rings is 2. The minimum absolute atomic E-state index is 0.0432. The molecule has 6 nitrogen and oxygen atoms in total. The second-order valence-corrected chi connectivity index (χ2v) is 10.1. The Balaban J connectivity index is 1.78. The minimum Gasteiger partial charge on any atom is -0.366 e. The third kappa shape index (κ3) is 4.13. The van der Waals surface area contributed by atoms with Crippen LogP contribution in [-0.2, 0) is 9.59 Å².